The summed E-state index contributed by atoms with van der Waals surface area (Å²) in [6.07, 6.45) is 0. The second-order valence-electron chi connectivity index (χ2n) is 10.6. The normalized spacial score (nSPS) is 12.2. The van der Waals surface area contributed by atoms with Gasteiger partial charge in [-0.1, -0.05) is 62.7 Å². The number of hydrogen-bond donors (Lipinski definition) is 4. The number of benzene rings is 3. The summed E-state index contributed by atoms with van der Waals surface area (Å²) < 4.78 is 0. The summed E-state index contributed by atoms with van der Waals surface area (Å²) in [4.78, 5) is 40.0. The molecular weight excluding hydrogens is 470 g/mol. The largest absolute Gasteiger partial charge is 0.480 e. The van der Waals surface area contributed by atoms with E-state index in [9.17, 15) is 24.6 Å². The van der Waals surface area contributed by atoms with E-state index in [4.69, 9.17) is 0 Å². The Morgan fingerprint density at radius 2 is 1.49 bits per heavy atom. The summed E-state index contributed by atoms with van der Waals surface area (Å²) in [7, 11) is 0. The van der Waals surface area contributed by atoms with Crippen molar-refractivity contribution in [1.82, 2.24) is 4.90 Å². The summed E-state index contributed by atoms with van der Waals surface area (Å²) in [5.74, 6) is -1.90. The van der Waals surface area contributed by atoms with Crippen molar-refractivity contribution in [2.24, 2.45) is 5.41 Å². The molecule has 0 aliphatic carbocycles. The molecule has 196 valence electrons. The maximum Gasteiger partial charge on any atom is 0.328 e. The number of nitrogens with zero attached hydrogens (tertiary/aromatic N) is 1. The number of anilines is 2. The van der Waals surface area contributed by atoms with E-state index in [1.807, 2.05) is 77.9 Å². The molecule has 0 heterocycles. The first kappa shape index (κ1) is 27.7. The van der Waals surface area contributed by atoms with E-state index in [0.717, 1.165) is 32.4 Å². The Kier molecular flexibility index (Phi) is 8.23. The highest BCUT2D eigenvalue weighted by Crippen LogP contribution is 2.29. The van der Waals surface area contributed by atoms with Crippen LogP contribution in [-0.4, -0.2) is 52.2 Å². The molecular formula is C29H35N3O5. The summed E-state index contributed by atoms with van der Waals surface area (Å²) in [6, 6.07) is 12.7. The molecule has 37 heavy (non-hydrogen) atoms. The van der Waals surface area contributed by atoms with Crippen molar-refractivity contribution < 1.29 is 24.6 Å². The number of carboxylic acid groups (broad SMARTS) is 1. The Hall–Kier alpha value is -3.91. The smallest absolute Gasteiger partial charge is 0.328 e. The molecule has 0 aliphatic rings. The number of carboxylic acids is 1. The van der Waals surface area contributed by atoms with Crippen molar-refractivity contribution >= 4 is 40.1 Å². The third kappa shape index (κ3) is 6.65. The first-order chi connectivity index (χ1) is 17.3. The summed E-state index contributed by atoms with van der Waals surface area (Å²) in [5, 5.41) is 26.8. The van der Waals surface area contributed by atoms with Gasteiger partial charge in [-0.3, -0.25) is 4.79 Å². The average molecular weight is 506 g/mol. The number of aliphatic hydroxyl groups excluding tert-OH is 1. The van der Waals surface area contributed by atoms with Crippen LogP contribution in [0.1, 0.15) is 47.8 Å². The molecule has 1 atom stereocenters. The van der Waals surface area contributed by atoms with Gasteiger partial charge in [0.1, 0.15) is 0 Å². The number of rotatable bonds is 7. The fourth-order valence-corrected chi connectivity index (χ4v) is 4.46. The van der Waals surface area contributed by atoms with Gasteiger partial charge in [-0.2, -0.15) is 0 Å². The Labute approximate surface area is 217 Å². The van der Waals surface area contributed by atoms with Crippen LogP contribution in [0.4, 0.5) is 16.2 Å². The minimum absolute atomic E-state index is 0.0869. The number of aliphatic carboxylic acids is 1. The quantitative estimate of drug-likeness (QED) is 0.345. The van der Waals surface area contributed by atoms with Gasteiger partial charge in [0.05, 0.1) is 17.9 Å². The number of aryl methyl sites for hydroxylation is 3. The average Bonchev–Trinajstić information content (AvgIpc) is 2.79. The van der Waals surface area contributed by atoms with Crippen molar-refractivity contribution in [2.45, 2.75) is 47.6 Å². The minimum atomic E-state index is -1.43. The Morgan fingerprint density at radius 1 is 0.919 bits per heavy atom. The molecule has 8 heteroatoms. The lowest BCUT2D eigenvalue weighted by atomic mass is 9.94. The standard InChI is InChI=1S/C29H35N3O5/c1-17-11-18(2)25(19(3)12-17)31-28(37)30-23-14-21-10-8-7-9-20(21)13-22(23)26(34)32(16-29(4,5)6)24(15-33)27(35)36/h7-14,24,33H,15-16H2,1-6H3,(H,35,36)(H2,30,31,37)/t24-/m0/s1. The third-order valence-electron chi connectivity index (χ3n) is 6.02. The van der Waals surface area contributed by atoms with Gasteiger partial charge in [0, 0.05) is 12.2 Å². The fraction of sp³-hybridized carbons (Fsp3) is 0.345. The van der Waals surface area contributed by atoms with Crippen molar-refractivity contribution in [3.05, 3.63) is 70.8 Å². The molecule has 0 unspecified atom stereocenters. The van der Waals surface area contributed by atoms with Crippen LogP contribution >= 0.6 is 0 Å². The van der Waals surface area contributed by atoms with Gasteiger partial charge >= 0.3 is 12.0 Å². The molecule has 0 radical (unpaired) electrons. The molecule has 8 nitrogen and oxygen atoms in total. The molecule has 0 aliphatic heterocycles. The van der Waals surface area contributed by atoms with Crippen LogP contribution in [0.3, 0.4) is 0 Å². The molecule has 4 N–H and O–H groups in total. The van der Waals surface area contributed by atoms with E-state index < -0.39 is 36.0 Å². The highest BCUT2D eigenvalue weighted by molar-refractivity contribution is 6.10. The highest BCUT2D eigenvalue weighted by atomic mass is 16.4. The lowest BCUT2D eigenvalue weighted by molar-refractivity contribution is -0.144. The van der Waals surface area contributed by atoms with E-state index in [1.165, 1.54) is 0 Å². The first-order valence-electron chi connectivity index (χ1n) is 12.1. The number of carbonyl (C=O) groups is 3. The fourth-order valence-electron chi connectivity index (χ4n) is 4.46. The SMILES string of the molecule is Cc1cc(C)c(NC(=O)Nc2cc3ccccc3cc2C(=O)N(CC(C)(C)C)[C@@H](CO)C(=O)O)c(C)c1. The molecule has 0 aromatic heterocycles. The predicted octanol–water partition coefficient (Wildman–Crippen LogP) is 5.34. The van der Waals surface area contributed by atoms with E-state index in [0.29, 0.717) is 5.69 Å². The van der Waals surface area contributed by atoms with Crippen LogP contribution in [0.15, 0.2) is 48.5 Å². The molecule has 0 saturated carbocycles. The predicted molar refractivity (Wildman–Crippen MR) is 146 cm³/mol. The Morgan fingerprint density at radius 3 is 2.00 bits per heavy atom. The number of fused-ring (bicyclic) bond motifs is 1. The van der Waals surface area contributed by atoms with Crippen LogP contribution in [0, 0.1) is 26.2 Å². The summed E-state index contributed by atoms with van der Waals surface area (Å²) >= 11 is 0. The van der Waals surface area contributed by atoms with Crippen LogP contribution in [0.2, 0.25) is 0 Å². The van der Waals surface area contributed by atoms with Gasteiger partial charge in [0.25, 0.3) is 5.91 Å². The molecule has 0 spiro atoms. The molecule has 3 aromatic carbocycles. The van der Waals surface area contributed by atoms with Crippen LogP contribution < -0.4 is 10.6 Å². The van der Waals surface area contributed by atoms with Crippen molar-refractivity contribution in [2.75, 3.05) is 23.8 Å². The van der Waals surface area contributed by atoms with Gasteiger partial charge in [0.2, 0.25) is 0 Å². The van der Waals surface area contributed by atoms with E-state index >= 15 is 0 Å². The van der Waals surface area contributed by atoms with Crippen LogP contribution in [-0.2, 0) is 4.79 Å². The lowest BCUT2D eigenvalue weighted by Gasteiger charge is -2.34. The topological polar surface area (TPSA) is 119 Å². The zero-order chi connectivity index (χ0) is 27.5. The van der Waals surface area contributed by atoms with Crippen molar-refractivity contribution in [3.8, 4) is 0 Å². The highest BCUT2D eigenvalue weighted by Gasteiger charge is 2.34. The van der Waals surface area contributed by atoms with Crippen molar-refractivity contribution in [3.63, 3.8) is 0 Å². The number of aliphatic hydroxyl groups is 1. The molecule has 3 aromatic rings. The zero-order valence-electron chi connectivity index (χ0n) is 22.2. The number of urea groups is 1. The third-order valence-corrected chi connectivity index (χ3v) is 6.02. The molecule has 0 saturated heterocycles. The number of hydrogen-bond acceptors (Lipinski definition) is 4. The number of carbonyl (C=O) groups excluding carboxylic acids is 2. The summed E-state index contributed by atoms with van der Waals surface area (Å²) in [6.45, 7) is 10.8. The zero-order valence-corrected chi connectivity index (χ0v) is 22.2. The minimum Gasteiger partial charge on any atom is -0.480 e. The van der Waals surface area contributed by atoms with Gasteiger partial charge < -0.3 is 25.7 Å². The van der Waals surface area contributed by atoms with E-state index in [1.54, 1.807) is 12.1 Å². The van der Waals surface area contributed by atoms with E-state index in [2.05, 4.69) is 10.6 Å². The number of amides is 3. The molecule has 3 rings (SSSR count). The second kappa shape index (κ2) is 11.0. The molecule has 0 fully saturated rings. The monoisotopic (exact) mass is 505 g/mol. The van der Waals surface area contributed by atoms with Crippen LogP contribution in [0.25, 0.3) is 10.8 Å². The lowest BCUT2D eigenvalue weighted by Crippen LogP contribution is -2.50. The molecule has 0 bridgehead atoms. The van der Waals surface area contributed by atoms with Crippen molar-refractivity contribution in [1.29, 1.82) is 0 Å². The van der Waals surface area contributed by atoms with Crippen LogP contribution in [0.5, 0.6) is 0 Å². The Bertz CT molecular complexity index is 1320. The molecule has 3 amide bonds. The number of nitrogens with one attached hydrogen (secondary N) is 2. The first-order valence-corrected chi connectivity index (χ1v) is 12.1. The second-order valence-corrected chi connectivity index (χ2v) is 10.6. The summed E-state index contributed by atoms with van der Waals surface area (Å²) in [5.41, 5.74) is 3.51. The van der Waals surface area contributed by atoms with Gasteiger partial charge in [0.15, 0.2) is 6.04 Å². The maximum atomic E-state index is 13.9. The Balaban J connectivity index is 2.06. The van der Waals surface area contributed by atoms with Gasteiger partial charge in [-0.05, 0) is 60.2 Å². The van der Waals surface area contributed by atoms with Gasteiger partial charge in [-0.15, -0.1) is 0 Å². The maximum absolute atomic E-state index is 13.9. The van der Waals surface area contributed by atoms with Gasteiger partial charge in [-0.25, -0.2) is 9.59 Å². The van der Waals surface area contributed by atoms with E-state index in [-0.39, 0.29) is 17.8 Å².